The molecule has 3 nitrogen and oxygen atoms in total. The van der Waals surface area contributed by atoms with Gasteiger partial charge in [-0.25, -0.2) is 0 Å². The third kappa shape index (κ3) is 2.67. The number of para-hydroxylation sites is 1. The third-order valence-electron chi connectivity index (χ3n) is 3.38. The zero-order valence-electron chi connectivity index (χ0n) is 11.8. The first kappa shape index (κ1) is 13.0. The van der Waals surface area contributed by atoms with Gasteiger partial charge < -0.3 is 15.2 Å². The first-order valence-corrected chi connectivity index (χ1v) is 6.42. The minimum atomic E-state index is -0.112. The highest BCUT2D eigenvalue weighted by atomic mass is 15.1. The maximum absolute atomic E-state index is 6.05. The lowest BCUT2D eigenvalue weighted by atomic mass is 10.0. The molecule has 1 aromatic carbocycles. The summed E-state index contributed by atoms with van der Waals surface area (Å²) in [7, 11) is 4.22. The Labute approximate surface area is 109 Å². The molecule has 0 aliphatic rings. The standard InChI is InChI=1S/C15H23N3/c1-15(2,16)9-10-17(3)14-11-18(4)13-8-6-5-7-12(13)14/h5-8,11H,9-10,16H2,1-4H3. The average molecular weight is 245 g/mol. The Balaban J connectivity index is 2.25. The fourth-order valence-corrected chi connectivity index (χ4v) is 2.20. The number of nitrogens with zero attached hydrogens (tertiary/aromatic N) is 2. The number of hydrogen-bond donors (Lipinski definition) is 1. The molecule has 0 aliphatic carbocycles. The van der Waals surface area contributed by atoms with Crippen molar-refractivity contribution >= 4 is 16.6 Å². The normalized spacial score (nSPS) is 12.1. The molecule has 0 atom stereocenters. The molecule has 1 heterocycles. The molecule has 0 spiro atoms. The van der Waals surface area contributed by atoms with E-state index in [9.17, 15) is 0 Å². The van der Waals surface area contributed by atoms with Gasteiger partial charge in [0.2, 0.25) is 0 Å². The van der Waals surface area contributed by atoms with E-state index < -0.39 is 0 Å². The molecular formula is C15H23N3. The fraction of sp³-hybridized carbons (Fsp3) is 0.467. The van der Waals surface area contributed by atoms with Gasteiger partial charge in [0, 0.05) is 43.3 Å². The molecule has 98 valence electrons. The van der Waals surface area contributed by atoms with Crippen LogP contribution in [0, 0.1) is 0 Å². The van der Waals surface area contributed by atoms with Gasteiger partial charge in [0.05, 0.1) is 5.69 Å². The van der Waals surface area contributed by atoms with Crippen LogP contribution < -0.4 is 10.6 Å². The predicted octanol–water partition coefficient (Wildman–Crippen LogP) is 2.74. The summed E-state index contributed by atoms with van der Waals surface area (Å²) in [5.41, 5.74) is 8.48. The minimum absolute atomic E-state index is 0.112. The molecule has 1 aromatic heterocycles. The van der Waals surface area contributed by atoms with Crippen LogP contribution in [0.3, 0.4) is 0 Å². The minimum Gasteiger partial charge on any atom is -0.373 e. The number of hydrogen-bond acceptors (Lipinski definition) is 2. The van der Waals surface area contributed by atoms with Crippen molar-refractivity contribution in [2.75, 3.05) is 18.5 Å². The summed E-state index contributed by atoms with van der Waals surface area (Å²) in [6.45, 7) is 5.12. The van der Waals surface area contributed by atoms with Crippen LogP contribution in [0.4, 0.5) is 5.69 Å². The van der Waals surface area contributed by atoms with Gasteiger partial charge >= 0.3 is 0 Å². The molecule has 0 radical (unpaired) electrons. The van der Waals surface area contributed by atoms with E-state index in [1.165, 1.54) is 16.6 Å². The van der Waals surface area contributed by atoms with E-state index in [0.29, 0.717) is 0 Å². The molecule has 2 N–H and O–H groups in total. The third-order valence-corrected chi connectivity index (χ3v) is 3.38. The zero-order chi connectivity index (χ0) is 13.3. The average Bonchev–Trinajstić information content (AvgIpc) is 2.64. The molecule has 0 fully saturated rings. The van der Waals surface area contributed by atoms with Crippen molar-refractivity contribution in [3.8, 4) is 0 Å². The largest absolute Gasteiger partial charge is 0.373 e. The number of fused-ring (bicyclic) bond motifs is 1. The van der Waals surface area contributed by atoms with Crippen molar-refractivity contribution in [2.24, 2.45) is 12.8 Å². The summed E-state index contributed by atoms with van der Waals surface area (Å²) in [6, 6.07) is 8.50. The van der Waals surface area contributed by atoms with Gasteiger partial charge in [-0.2, -0.15) is 0 Å². The molecular weight excluding hydrogens is 222 g/mol. The quantitative estimate of drug-likeness (QED) is 0.898. The Morgan fingerprint density at radius 1 is 1.28 bits per heavy atom. The molecule has 3 heteroatoms. The SMILES string of the molecule is CN(CCC(C)(C)N)c1cn(C)c2ccccc12. The zero-order valence-corrected chi connectivity index (χ0v) is 11.8. The van der Waals surface area contributed by atoms with Gasteiger partial charge in [-0.3, -0.25) is 0 Å². The Hall–Kier alpha value is -1.48. The van der Waals surface area contributed by atoms with Gasteiger partial charge in [0.25, 0.3) is 0 Å². The number of benzene rings is 1. The van der Waals surface area contributed by atoms with Crippen molar-refractivity contribution in [1.82, 2.24) is 4.57 Å². The van der Waals surface area contributed by atoms with Gasteiger partial charge in [0.15, 0.2) is 0 Å². The van der Waals surface area contributed by atoms with E-state index in [1.54, 1.807) is 0 Å². The number of anilines is 1. The summed E-state index contributed by atoms with van der Waals surface area (Å²) in [5, 5.41) is 1.30. The van der Waals surface area contributed by atoms with Gasteiger partial charge in [-0.15, -0.1) is 0 Å². The highest BCUT2D eigenvalue weighted by Gasteiger charge is 2.14. The van der Waals surface area contributed by atoms with Crippen LogP contribution in [0.1, 0.15) is 20.3 Å². The Morgan fingerprint density at radius 3 is 2.61 bits per heavy atom. The predicted molar refractivity (Wildman–Crippen MR) is 79.1 cm³/mol. The Kier molecular flexibility index (Phi) is 3.35. The van der Waals surface area contributed by atoms with E-state index in [0.717, 1.165) is 13.0 Å². The molecule has 0 aliphatic heterocycles. The molecule has 2 rings (SSSR count). The van der Waals surface area contributed by atoms with Crippen molar-refractivity contribution in [3.63, 3.8) is 0 Å². The van der Waals surface area contributed by atoms with Crippen LogP contribution in [0.25, 0.3) is 10.9 Å². The Bertz CT molecular complexity index is 534. The molecule has 0 unspecified atom stereocenters. The van der Waals surface area contributed by atoms with Gasteiger partial charge in [-0.05, 0) is 26.3 Å². The van der Waals surface area contributed by atoms with E-state index in [1.807, 2.05) is 0 Å². The van der Waals surface area contributed by atoms with E-state index in [4.69, 9.17) is 5.73 Å². The summed E-state index contributed by atoms with van der Waals surface area (Å²) < 4.78 is 2.18. The van der Waals surface area contributed by atoms with Crippen molar-refractivity contribution in [2.45, 2.75) is 25.8 Å². The molecule has 0 saturated carbocycles. The molecule has 2 aromatic rings. The van der Waals surface area contributed by atoms with Gasteiger partial charge in [0.1, 0.15) is 0 Å². The summed E-state index contributed by atoms with van der Waals surface area (Å²) in [4.78, 5) is 2.29. The van der Waals surface area contributed by atoms with Crippen LogP contribution in [0.5, 0.6) is 0 Å². The van der Waals surface area contributed by atoms with Crippen molar-refractivity contribution in [1.29, 1.82) is 0 Å². The number of rotatable bonds is 4. The van der Waals surface area contributed by atoms with Crippen LogP contribution in [-0.2, 0) is 7.05 Å². The van der Waals surface area contributed by atoms with Crippen molar-refractivity contribution in [3.05, 3.63) is 30.5 Å². The van der Waals surface area contributed by atoms with E-state index in [-0.39, 0.29) is 5.54 Å². The lowest BCUT2D eigenvalue weighted by Crippen LogP contribution is -2.36. The fourth-order valence-electron chi connectivity index (χ4n) is 2.20. The second kappa shape index (κ2) is 4.65. The van der Waals surface area contributed by atoms with Crippen LogP contribution in [0.15, 0.2) is 30.5 Å². The highest BCUT2D eigenvalue weighted by molar-refractivity contribution is 5.93. The lowest BCUT2D eigenvalue weighted by molar-refractivity contribution is 0.479. The molecule has 18 heavy (non-hydrogen) atoms. The maximum atomic E-state index is 6.05. The molecule has 0 amide bonds. The summed E-state index contributed by atoms with van der Waals surface area (Å²) >= 11 is 0. The first-order valence-electron chi connectivity index (χ1n) is 6.42. The lowest BCUT2D eigenvalue weighted by Gasteiger charge is -2.24. The van der Waals surface area contributed by atoms with Crippen LogP contribution in [-0.4, -0.2) is 23.7 Å². The van der Waals surface area contributed by atoms with Crippen LogP contribution >= 0.6 is 0 Å². The molecule has 0 bridgehead atoms. The highest BCUT2D eigenvalue weighted by Crippen LogP contribution is 2.28. The second-order valence-corrected chi connectivity index (χ2v) is 5.80. The molecule has 0 saturated heterocycles. The topological polar surface area (TPSA) is 34.2 Å². The maximum Gasteiger partial charge on any atom is 0.0623 e. The first-order chi connectivity index (χ1) is 8.38. The monoisotopic (exact) mass is 245 g/mol. The number of nitrogens with two attached hydrogens (primary N) is 1. The number of aryl methyl sites for hydroxylation is 1. The number of aromatic nitrogens is 1. The van der Waals surface area contributed by atoms with Gasteiger partial charge in [-0.1, -0.05) is 18.2 Å². The second-order valence-electron chi connectivity index (χ2n) is 5.80. The Morgan fingerprint density at radius 2 is 1.94 bits per heavy atom. The summed E-state index contributed by atoms with van der Waals surface area (Å²) in [6.07, 6.45) is 3.17. The van der Waals surface area contributed by atoms with E-state index in [2.05, 4.69) is 67.9 Å². The van der Waals surface area contributed by atoms with Crippen LogP contribution in [0.2, 0.25) is 0 Å². The summed E-state index contributed by atoms with van der Waals surface area (Å²) in [5.74, 6) is 0. The van der Waals surface area contributed by atoms with Crippen molar-refractivity contribution < 1.29 is 0 Å². The smallest absolute Gasteiger partial charge is 0.0623 e. The van der Waals surface area contributed by atoms with E-state index >= 15 is 0 Å².